The van der Waals surface area contributed by atoms with Gasteiger partial charge in [0.05, 0.1) is 18.3 Å². The number of aromatic nitrogens is 2. The molecule has 3 rings (SSSR count). The lowest BCUT2D eigenvalue weighted by Gasteiger charge is -2.30. The smallest absolute Gasteiger partial charge is 0.318 e. The number of hydrogen-bond donors (Lipinski definition) is 1. The Morgan fingerprint density at radius 3 is 2.96 bits per heavy atom. The zero-order chi connectivity index (χ0) is 17.3. The van der Waals surface area contributed by atoms with E-state index in [9.17, 15) is 4.79 Å². The number of halogens is 1. The predicted molar refractivity (Wildman–Crippen MR) is 95.0 cm³/mol. The summed E-state index contributed by atoms with van der Waals surface area (Å²) in [6.07, 6.45) is 4.89. The molecule has 0 saturated carbocycles. The van der Waals surface area contributed by atoms with Crippen molar-refractivity contribution in [2.45, 2.75) is 38.3 Å². The van der Waals surface area contributed by atoms with E-state index < -0.39 is 0 Å². The Labute approximate surface area is 147 Å². The van der Waals surface area contributed by atoms with Crippen LogP contribution in [0.2, 0.25) is 5.02 Å². The Morgan fingerprint density at radius 1 is 1.46 bits per heavy atom. The Morgan fingerprint density at radius 2 is 2.21 bits per heavy atom. The average molecular weight is 347 g/mol. The SMILES string of the molecule is C[C@@H](c1ccccc1Cl)N(C)C(=O)N[C@@H]1CCCc2c1cnn2C. The third kappa shape index (κ3) is 3.13. The molecule has 128 valence electrons. The maximum atomic E-state index is 12.7. The monoisotopic (exact) mass is 346 g/mol. The van der Waals surface area contributed by atoms with Crippen LogP contribution in [-0.4, -0.2) is 27.8 Å². The minimum Gasteiger partial charge on any atom is -0.331 e. The molecule has 0 unspecified atom stereocenters. The summed E-state index contributed by atoms with van der Waals surface area (Å²) < 4.78 is 1.91. The molecule has 0 fully saturated rings. The molecule has 24 heavy (non-hydrogen) atoms. The van der Waals surface area contributed by atoms with E-state index >= 15 is 0 Å². The predicted octanol–water partition coefficient (Wildman–Crippen LogP) is 3.85. The second-order valence-corrected chi connectivity index (χ2v) is 6.78. The van der Waals surface area contributed by atoms with E-state index in [1.807, 2.05) is 49.1 Å². The van der Waals surface area contributed by atoms with Crippen molar-refractivity contribution >= 4 is 17.6 Å². The first kappa shape index (κ1) is 16.8. The van der Waals surface area contributed by atoms with Crippen LogP contribution in [0.15, 0.2) is 30.5 Å². The summed E-state index contributed by atoms with van der Waals surface area (Å²) in [7, 11) is 3.75. The van der Waals surface area contributed by atoms with Crippen LogP contribution in [0.5, 0.6) is 0 Å². The van der Waals surface area contributed by atoms with E-state index in [0.29, 0.717) is 5.02 Å². The molecule has 0 spiro atoms. The Kier molecular flexibility index (Phi) is 4.81. The molecule has 1 heterocycles. The normalized spacial score (nSPS) is 17.9. The summed E-state index contributed by atoms with van der Waals surface area (Å²) in [5, 5.41) is 8.16. The Hall–Kier alpha value is -2.01. The van der Waals surface area contributed by atoms with E-state index in [1.165, 1.54) is 5.69 Å². The maximum Gasteiger partial charge on any atom is 0.318 e. The lowest BCUT2D eigenvalue weighted by atomic mass is 9.93. The van der Waals surface area contributed by atoms with Crippen LogP contribution in [0.25, 0.3) is 0 Å². The van der Waals surface area contributed by atoms with Crippen molar-refractivity contribution < 1.29 is 4.79 Å². The van der Waals surface area contributed by atoms with Gasteiger partial charge in [-0.3, -0.25) is 4.68 Å². The van der Waals surface area contributed by atoms with Crippen LogP contribution in [0.1, 0.15) is 48.7 Å². The van der Waals surface area contributed by atoms with Gasteiger partial charge in [-0.1, -0.05) is 29.8 Å². The number of carbonyl (C=O) groups is 1. The molecule has 0 aliphatic heterocycles. The first-order valence-corrected chi connectivity index (χ1v) is 8.65. The highest BCUT2D eigenvalue weighted by Gasteiger charge is 2.27. The number of hydrogen-bond acceptors (Lipinski definition) is 2. The second kappa shape index (κ2) is 6.85. The van der Waals surface area contributed by atoms with Crippen molar-refractivity contribution in [3.63, 3.8) is 0 Å². The minimum absolute atomic E-state index is 0.0239. The highest BCUT2D eigenvalue weighted by molar-refractivity contribution is 6.31. The van der Waals surface area contributed by atoms with Gasteiger partial charge >= 0.3 is 6.03 Å². The lowest BCUT2D eigenvalue weighted by molar-refractivity contribution is 0.189. The number of nitrogens with zero attached hydrogens (tertiary/aromatic N) is 3. The first-order valence-electron chi connectivity index (χ1n) is 8.27. The maximum absolute atomic E-state index is 12.7. The minimum atomic E-state index is -0.101. The van der Waals surface area contributed by atoms with Crippen molar-refractivity contribution in [2.24, 2.45) is 7.05 Å². The molecule has 1 N–H and O–H groups in total. The van der Waals surface area contributed by atoms with Gasteiger partial charge in [0.15, 0.2) is 0 Å². The van der Waals surface area contributed by atoms with Gasteiger partial charge in [-0.25, -0.2) is 4.79 Å². The molecular formula is C18H23ClN4O. The van der Waals surface area contributed by atoms with Gasteiger partial charge in [-0.05, 0) is 37.8 Å². The van der Waals surface area contributed by atoms with Crippen molar-refractivity contribution in [2.75, 3.05) is 7.05 Å². The molecule has 2 aromatic rings. The Bertz CT molecular complexity index is 742. The topological polar surface area (TPSA) is 50.2 Å². The molecule has 1 aromatic heterocycles. The summed E-state index contributed by atoms with van der Waals surface area (Å²) >= 11 is 6.26. The summed E-state index contributed by atoms with van der Waals surface area (Å²) in [6.45, 7) is 1.98. The van der Waals surface area contributed by atoms with Gasteiger partial charge in [0, 0.05) is 30.4 Å². The zero-order valence-corrected chi connectivity index (χ0v) is 15.0. The van der Waals surface area contributed by atoms with Crippen LogP contribution in [0.3, 0.4) is 0 Å². The summed E-state index contributed by atoms with van der Waals surface area (Å²) in [5.74, 6) is 0. The molecule has 1 aliphatic carbocycles. The summed E-state index contributed by atoms with van der Waals surface area (Å²) in [5.41, 5.74) is 3.30. The molecule has 6 heteroatoms. The average Bonchev–Trinajstić information content (AvgIpc) is 2.96. The third-order valence-electron chi connectivity index (χ3n) is 4.93. The van der Waals surface area contributed by atoms with Gasteiger partial charge in [0.1, 0.15) is 0 Å². The van der Waals surface area contributed by atoms with Crippen molar-refractivity contribution in [3.8, 4) is 0 Å². The first-order chi connectivity index (χ1) is 11.5. The molecule has 0 bridgehead atoms. The van der Waals surface area contributed by atoms with Crippen molar-refractivity contribution in [3.05, 3.63) is 52.3 Å². The van der Waals surface area contributed by atoms with E-state index in [2.05, 4.69) is 10.4 Å². The number of aryl methyl sites for hydroxylation is 1. The van der Waals surface area contributed by atoms with E-state index in [0.717, 1.165) is 30.4 Å². The van der Waals surface area contributed by atoms with E-state index in [4.69, 9.17) is 11.6 Å². The standard InChI is InChI=1S/C18H23ClN4O/c1-12(13-7-4-5-8-15(13)19)22(2)18(24)21-16-9-6-10-17-14(16)11-20-23(17)3/h4-5,7-8,11-12,16H,6,9-10H2,1-3H3,(H,21,24)/t12-,16+/m0/s1. The largest absolute Gasteiger partial charge is 0.331 e. The van der Waals surface area contributed by atoms with Crippen LogP contribution in [-0.2, 0) is 13.5 Å². The molecule has 2 atom stereocenters. The van der Waals surface area contributed by atoms with Crippen LogP contribution in [0.4, 0.5) is 4.79 Å². The highest BCUT2D eigenvalue weighted by atomic mass is 35.5. The fraction of sp³-hybridized carbons (Fsp3) is 0.444. The second-order valence-electron chi connectivity index (χ2n) is 6.37. The number of rotatable bonds is 3. The Balaban J connectivity index is 1.72. The fourth-order valence-corrected chi connectivity index (χ4v) is 3.60. The number of fused-ring (bicyclic) bond motifs is 1. The number of carbonyl (C=O) groups excluding carboxylic acids is 1. The van der Waals surface area contributed by atoms with Crippen molar-refractivity contribution in [1.82, 2.24) is 20.0 Å². The van der Waals surface area contributed by atoms with Crippen LogP contribution >= 0.6 is 11.6 Å². The van der Waals surface area contributed by atoms with Gasteiger partial charge in [0.25, 0.3) is 0 Å². The van der Waals surface area contributed by atoms with Crippen molar-refractivity contribution in [1.29, 1.82) is 0 Å². The highest BCUT2D eigenvalue weighted by Crippen LogP contribution is 2.30. The quantitative estimate of drug-likeness (QED) is 0.917. The number of nitrogens with one attached hydrogen (secondary N) is 1. The molecule has 0 saturated heterocycles. The fourth-order valence-electron chi connectivity index (χ4n) is 3.31. The number of urea groups is 1. The van der Waals surface area contributed by atoms with Gasteiger partial charge in [-0.15, -0.1) is 0 Å². The molecule has 5 nitrogen and oxygen atoms in total. The molecule has 1 aliphatic rings. The molecular weight excluding hydrogens is 324 g/mol. The molecule has 1 aromatic carbocycles. The van der Waals surface area contributed by atoms with E-state index in [1.54, 1.807) is 11.9 Å². The zero-order valence-electron chi connectivity index (χ0n) is 14.3. The van der Waals surface area contributed by atoms with Gasteiger partial charge < -0.3 is 10.2 Å². The summed E-state index contributed by atoms with van der Waals surface area (Å²) in [6, 6.07) is 7.46. The number of amides is 2. The van der Waals surface area contributed by atoms with Crippen LogP contribution < -0.4 is 5.32 Å². The molecule has 2 amide bonds. The van der Waals surface area contributed by atoms with Crippen LogP contribution in [0, 0.1) is 0 Å². The number of benzene rings is 1. The molecule has 0 radical (unpaired) electrons. The van der Waals surface area contributed by atoms with Gasteiger partial charge in [0.2, 0.25) is 0 Å². The van der Waals surface area contributed by atoms with Gasteiger partial charge in [-0.2, -0.15) is 5.10 Å². The third-order valence-corrected chi connectivity index (χ3v) is 5.27. The summed E-state index contributed by atoms with van der Waals surface area (Å²) in [4.78, 5) is 14.4. The van der Waals surface area contributed by atoms with E-state index in [-0.39, 0.29) is 18.1 Å². The lowest BCUT2D eigenvalue weighted by Crippen LogP contribution is -2.41.